The minimum atomic E-state index is -0.0293. The molecular weight excluding hydrogens is 318 g/mol. The van der Waals surface area contributed by atoms with Crippen molar-refractivity contribution in [1.29, 1.82) is 0 Å². The number of hydrogen-bond donors (Lipinski definition) is 0. The van der Waals surface area contributed by atoms with Crippen molar-refractivity contribution >= 4 is 11.8 Å². The van der Waals surface area contributed by atoms with Gasteiger partial charge in [-0.15, -0.1) is 0 Å². The lowest BCUT2D eigenvalue weighted by Gasteiger charge is -2.31. The molecule has 1 aliphatic rings. The molecule has 2 heterocycles. The molecule has 3 rings (SSSR count). The smallest absolute Gasteiger partial charge is 0.244 e. The molecule has 1 atom stereocenters. The summed E-state index contributed by atoms with van der Waals surface area (Å²) in [6.07, 6.45) is 4.10. The molecule has 0 N–H and O–H groups in total. The first-order valence-corrected chi connectivity index (χ1v) is 8.61. The van der Waals surface area contributed by atoms with E-state index in [2.05, 4.69) is 17.0 Å². The van der Waals surface area contributed by atoms with Crippen molar-refractivity contribution in [3.05, 3.63) is 48.5 Å². The van der Waals surface area contributed by atoms with E-state index in [1.165, 1.54) is 17.3 Å². The molecule has 7 heteroatoms. The van der Waals surface area contributed by atoms with Gasteiger partial charge in [0.25, 0.3) is 0 Å². The van der Waals surface area contributed by atoms with Crippen molar-refractivity contribution in [3.63, 3.8) is 0 Å². The second-order valence-corrected chi connectivity index (χ2v) is 6.25. The zero-order valence-electron chi connectivity index (χ0n) is 14.4. The van der Waals surface area contributed by atoms with Crippen molar-refractivity contribution < 1.29 is 9.59 Å². The number of carbonyl (C=O) groups excluding carboxylic acids is 2. The first-order chi connectivity index (χ1) is 12.2. The second kappa shape index (κ2) is 7.92. The van der Waals surface area contributed by atoms with E-state index in [1.54, 1.807) is 4.90 Å². The Kier molecular flexibility index (Phi) is 5.42. The van der Waals surface area contributed by atoms with Crippen LogP contribution in [0.1, 0.15) is 25.3 Å². The van der Waals surface area contributed by atoms with Crippen LogP contribution in [0, 0.1) is 0 Å². The van der Waals surface area contributed by atoms with Gasteiger partial charge in [0.1, 0.15) is 19.2 Å². The summed E-state index contributed by atoms with van der Waals surface area (Å²) in [6.45, 7) is 3.81. The monoisotopic (exact) mass is 341 g/mol. The number of benzene rings is 1. The van der Waals surface area contributed by atoms with E-state index in [0.717, 1.165) is 12.0 Å². The third kappa shape index (κ3) is 4.23. The third-order valence-electron chi connectivity index (χ3n) is 4.57. The van der Waals surface area contributed by atoms with Crippen molar-refractivity contribution in [2.45, 2.75) is 38.9 Å². The van der Waals surface area contributed by atoms with Gasteiger partial charge in [-0.2, -0.15) is 5.10 Å². The predicted octanol–water partition coefficient (Wildman–Crippen LogP) is 1.32. The first kappa shape index (κ1) is 17.1. The molecule has 0 radical (unpaired) electrons. The Morgan fingerprint density at radius 2 is 2.08 bits per heavy atom. The summed E-state index contributed by atoms with van der Waals surface area (Å²) in [5, 5.41) is 3.98. The van der Waals surface area contributed by atoms with Gasteiger partial charge in [0.15, 0.2) is 0 Å². The molecule has 1 aromatic carbocycles. The Bertz CT molecular complexity index is 702. The highest BCUT2D eigenvalue weighted by Crippen LogP contribution is 2.18. The van der Waals surface area contributed by atoms with Gasteiger partial charge in [-0.25, -0.2) is 9.67 Å². The molecule has 2 aromatic rings. The number of amides is 2. The largest absolute Gasteiger partial charge is 0.339 e. The summed E-state index contributed by atoms with van der Waals surface area (Å²) < 4.78 is 1.51. The molecule has 25 heavy (non-hydrogen) atoms. The highest BCUT2D eigenvalue weighted by atomic mass is 16.2. The molecule has 0 saturated carbocycles. The van der Waals surface area contributed by atoms with Gasteiger partial charge in [-0.1, -0.05) is 37.3 Å². The molecule has 0 aliphatic carbocycles. The zero-order valence-corrected chi connectivity index (χ0v) is 14.4. The maximum Gasteiger partial charge on any atom is 0.244 e. The maximum absolute atomic E-state index is 12.6. The second-order valence-electron chi connectivity index (χ2n) is 6.25. The van der Waals surface area contributed by atoms with Crippen molar-refractivity contribution in [3.8, 4) is 0 Å². The molecule has 1 aliphatic heterocycles. The van der Waals surface area contributed by atoms with E-state index < -0.39 is 0 Å². The van der Waals surface area contributed by atoms with E-state index in [9.17, 15) is 9.59 Å². The van der Waals surface area contributed by atoms with E-state index in [-0.39, 0.29) is 24.4 Å². The summed E-state index contributed by atoms with van der Waals surface area (Å²) in [5.41, 5.74) is 1.11. The van der Waals surface area contributed by atoms with Crippen LogP contribution in [0.2, 0.25) is 0 Å². The molecule has 1 unspecified atom stereocenters. The molecule has 1 fully saturated rings. The topological polar surface area (TPSA) is 71.3 Å². The lowest BCUT2D eigenvalue weighted by Crippen LogP contribution is -2.44. The van der Waals surface area contributed by atoms with Crippen LogP contribution < -0.4 is 0 Å². The van der Waals surface area contributed by atoms with Gasteiger partial charge in [-0.3, -0.25) is 9.59 Å². The van der Waals surface area contributed by atoms with Crippen molar-refractivity contribution in [2.75, 3.05) is 13.1 Å². The normalized spacial score (nSPS) is 18.3. The number of carbonyl (C=O) groups is 2. The van der Waals surface area contributed by atoms with E-state index in [0.29, 0.717) is 26.1 Å². The molecule has 2 amide bonds. The number of hydrogen-bond acceptors (Lipinski definition) is 4. The third-order valence-corrected chi connectivity index (χ3v) is 4.57. The van der Waals surface area contributed by atoms with Gasteiger partial charge in [0, 0.05) is 32.1 Å². The Morgan fingerprint density at radius 1 is 1.28 bits per heavy atom. The minimum Gasteiger partial charge on any atom is -0.339 e. The Morgan fingerprint density at radius 3 is 2.76 bits per heavy atom. The van der Waals surface area contributed by atoms with Gasteiger partial charge in [0.05, 0.1) is 0 Å². The summed E-state index contributed by atoms with van der Waals surface area (Å²) in [6, 6.07) is 10.0. The summed E-state index contributed by atoms with van der Waals surface area (Å²) >= 11 is 0. The van der Waals surface area contributed by atoms with Gasteiger partial charge in [0.2, 0.25) is 11.8 Å². The Labute approximate surface area is 147 Å². The fourth-order valence-corrected chi connectivity index (χ4v) is 3.15. The summed E-state index contributed by atoms with van der Waals surface area (Å²) in [4.78, 5) is 32.7. The number of nitrogens with zero attached hydrogens (tertiary/aromatic N) is 5. The molecule has 7 nitrogen and oxygen atoms in total. The predicted molar refractivity (Wildman–Crippen MR) is 92.3 cm³/mol. The molecule has 0 spiro atoms. The lowest BCUT2D eigenvalue weighted by atomic mass is 10.1. The van der Waals surface area contributed by atoms with E-state index in [1.807, 2.05) is 35.2 Å². The molecule has 1 aromatic heterocycles. The fraction of sp³-hybridized carbons (Fsp3) is 0.444. The number of aromatic nitrogens is 3. The molecular formula is C18H23N5O2. The SMILES string of the molecule is CCC1CN(C(=O)Cn2cncn2)CCC(=O)N1Cc1ccccc1. The molecule has 1 saturated heterocycles. The molecule has 132 valence electrons. The van der Waals surface area contributed by atoms with Gasteiger partial charge < -0.3 is 9.80 Å². The van der Waals surface area contributed by atoms with Gasteiger partial charge in [-0.05, 0) is 12.0 Å². The van der Waals surface area contributed by atoms with Crippen LogP contribution in [0.4, 0.5) is 0 Å². The van der Waals surface area contributed by atoms with Crippen LogP contribution in [0.15, 0.2) is 43.0 Å². The average molecular weight is 341 g/mol. The highest BCUT2D eigenvalue weighted by molar-refractivity contribution is 5.80. The quantitative estimate of drug-likeness (QED) is 0.822. The lowest BCUT2D eigenvalue weighted by molar-refractivity contribution is -0.133. The fourth-order valence-electron chi connectivity index (χ4n) is 3.15. The maximum atomic E-state index is 12.6. The zero-order chi connectivity index (χ0) is 17.6. The number of rotatable bonds is 5. The molecule has 0 bridgehead atoms. The van der Waals surface area contributed by atoms with Crippen LogP contribution in [0.3, 0.4) is 0 Å². The van der Waals surface area contributed by atoms with Crippen LogP contribution in [-0.2, 0) is 22.7 Å². The Hall–Kier alpha value is -2.70. The van der Waals surface area contributed by atoms with Gasteiger partial charge >= 0.3 is 0 Å². The van der Waals surface area contributed by atoms with Crippen LogP contribution >= 0.6 is 0 Å². The summed E-state index contributed by atoms with van der Waals surface area (Å²) in [7, 11) is 0. The minimum absolute atomic E-state index is 0.0231. The van der Waals surface area contributed by atoms with Crippen LogP contribution in [0.5, 0.6) is 0 Å². The van der Waals surface area contributed by atoms with E-state index >= 15 is 0 Å². The standard InChI is InChI=1S/C18H23N5O2/c1-2-16-11-21(18(25)12-22-14-19-13-20-22)9-8-17(24)23(16)10-15-6-4-3-5-7-15/h3-7,13-14,16H,2,8-12H2,1H3. The Balaban J connectivity index is 1.70. The van der Waals surface area contributed by atoms with Crippen molar-refractivity contribution in [1.82, 2.24) is 24.6 Å². The van der Waals surface area contributed by atoms with E-state index in [4.69, 9.17) is 0 Å². The van der Waals surface area contributed by atoms with Crippen molar-refractivity contribution in [2.24, 2.45) is 0 Å². The van der Waals surface area contributed by atoms with Crippen LogP contribution in [-0.4, -0.2) is 55.5 Å². The summed E-state index contributed by atoms with van der Waals surface area (Å²) in [5.74, 6) is 0.0741. The van der Waals surface area contributed by atoms with Crippen LogP contribution in [0.25, 0.3) is 0 Å². The first-order valence-electron chi connectivity index (χ1n) is 8.61. The highest BCUT2D eigenvalue weighted by Gasteiger charge is 2.30. The average Bonchev–Trinajstić information content (AvgIpc) is 3.08.